The maximum absolute atomic E-state index is 4.27. The lowest BCUT2D eigenvalue weighted by molar-refractivity contribution is 0.918. The zero-order valence-electron chi connectivity index (χ0n) is 8.83. The molecule has 0 unspecified atom stereocenters. The molecule has 0 bridgehead atoms. The fourth-order valence-corrected chi connectivity index (χ4v) is 1.67. The minimum absolute atomic E-state index is 0.636. The van der Waals surface area contributed by atoms with Crippen LogP contribution in [0.2, 0.25) is 0 Å². The molecule has 2 aromatic heterocycles. The Hall–Kier alpha value is -2.23. The molecule has 0 fully saturated rings. The van der Waals surface area contributed by atoms with E-state index in [1.807, 2.05) is 49.6 Å². The Kier molecular flexibility index (Phi) is 1.93. The summed E-state index contributed by atoms with van der Waals surface area (Å²) in [5.74, 6) is 1.37. The van der Waals surface area contributed by atoms with Gasteiger partial charge in [-0.15, -0.1) is 0 Å². The largest absolute Gasteiger partial charge is 0.252 e. The second-order valence-corrected chi connectivity index (χ2v) is 3.61. The SMILES string of the molecule is Cc1nc2ncc(-c3ccccc3)cn2n1. The number of benzene rings is 1. The average molecular weight is 210 g/mol. The quantitative estimate of drug-likeness (QED) is 0.617. The highest BCUT2D eigenvalue weighted by Crippen LogP contribution is 2.17. The van der Waals surface area contributed by atoms with Crippen LogP contribution in [-0.2, 0) is 0 Å². The lowest BCUT2D eigenvalue weighted by atomic mass is 10.1. The predicted octanol–water partition coefficient (Wildman–Crippen LogP) is 2.10. The summed E-state index contributed by atoms with van der Waals surface area (Å²) in [5, 5.41) is 4.24. The topological polar surface area (TPSA) is 43.1 Å². The Morgan fingerprint density at radius 2 is 1.88 bits per heavy atom. The van der Waals surface area contributed by atoms with E-state index < -0.39 is 0 Å². The van der Waals surface area contributed by atoms with Crippen molar-refractivity contribution in [2.24, 2.45) is 0 Å². The van der Waals surface area contributed by atoms with Gasteiger partial charge in [-0.3, -0.25) is 0 Å². The van der Waals surface area contributed by atoms with E-state index in [1.165, 1.54) is 0 Å². The van der Waals surface area contributed by atoms with Gasteiger partial charge in [-0.25, -0.2) is 9.50 Å². The van der Waals surface area contributed by atoms with Crippen LogP contribution >= 0.6 is 0 Å². The van der Waals surface area contributed by atoms with Crippen LogP contribution in [0.4, 0.5) is 0 Å². The van der Waals surface area contributed by atoms with Gasteiger partial charge in [0.2, 0.25) is 0 Å². The molecule has 0 amide bonds. The van der Waals surface area contributed by atoms with Crippen LogP contribution < -0.4 is 0 Å². The van der Waals surface area contributed by atoms with Gasteiger partial charge in [0.1, 0.15) is 5.82 Å². The fraction of sp³-hybridized carbons (Fsp3) is 0.0833. The molecule has 0 atom stereocenters. The lowest BCUT2D eigenvalue weighted by Gasteiger charge is -2.00. The van der Waals surface area contributed by atoms with Gasteiger partial charge >= 0.3 is 0 Å². The third-order valence-corrected chi connectivity index (χ3v) is 2.41. The first-order chi connectivity index (χ1) is 7.83. The molecule has 1 aromatic carbocycles. The number of aromatic nitrogens is 4. The average Bonchev–Trinajstić information content (AvgIpc) is 2.69. The zero-order chi connectivity index (χ0) is 11.0. The molecule has 0 aliphatic carbocycles. The molecule has 0 aliphatic rings. The second-order valence-electron chi connectivity index (χ2n) is 3.61. The molecular weight excluding hydrogens is 200 g/mol. The van der Waals surface area contributed by atoms with Crippen molar-refractivity contribution in [2.75, 3.05) is 0 Å². The lowest BCUT2D eigenvalue weighted by Crippen LogP contribution is -1.91. The van der Waals surface area contributed by atoms with Crippen molar-refractivity contribution < 1.29 is 0 Å². The Morgan fingerprint density at radius 1 is 1.06 bits per heavy atom. The molecule has 0 radical (unpaired) electrons. The van der Waals surface area contributed by atoms with Crippen molar-refractivity contribution in [1.82, 2.24) is 19.6 Å². The molecule has 16 heavy (non-hydrogen) atoms. The van der Waals surface area contributed by atoms with Crippen LogP contribution in [0.3, 0.4) is 0 Å². The number of fused-ring (bicyclic) bond motifs is 1. The minimum Gasteiger partial charge on any atom is -0.219 e. The van der Waals surface area contributed by atoms with Gasteiger partial charge in [0.25, 0.3) is 5.78 Å². The van der Waals surface area contributed by atoms with E-state index in [4.69, 9.17) is 0 Å². The summed E-state index contributed by atoms with van der Waals surface area (Å²) in [6.07, 6.45) is 3.76. The Labute approximate surface area is 92.6 Å². The summed E-state index contributed by atoms with van der Waals surface area (Å²) in [5.41, 5.74) is 2.17. The van der Waals surface area contributed by atoms with Crippen molar-refractivity contribution in [2.45, 2.75) is 6.92 Å². The van der Waals surface area contributed by atoms with Gasteiger partial charge < -0.3 is 0 Å². The van der Waals surface area contributed by atoms with E-state index >= 15 is 0 Å². The Bertz CT molecular complexity index is 628. The predicted molar refractivity (Wildman–Crippen MR) is 61.0 cm³/mol. The first-order valence-corrected chi connectivity index (χ1v) is 5.07. The van der Waals surface area contributed by atoms with Gasteiger partial charge in [-0.05, 0) is 12.5 Å². The molecule has 78 valence electrons. The monoisotopic (exact) mass is 210 g/mol. The van der Waals surface area contributed by atoms with E-state index in [0.717, 1.165) is 17.0 Å². The van der Waals surface area contributed by atoms with Gasteiger partial charge in [-0.2, -0.15) is 10.1 Å². The highest BCUT2D eigenvalue weighted by molar-refractivity contribution is 5.62. The van der Waals surface area contributed by atoms with E-state index in [2.05, 4.69) is 15.1 Å². The normalized spacial score (nSPS) is 10.8. The van der Waals surface area contributed by atoms with E-state index in [9.17, 15) is 0 Å². The molecule has 2 heterocycles. The first-order valence-electron chi connectivity index (χ1n) is 5.07. The summed E-state index contributed by atoms with van der Waals surface area (Å²) in [6.45, 7) is 1.86. The van der Waals surface area contributed by atoms with Crippen LogP contribution in [0.25, 0.3) is 16.9 Å². The number of hydrogen-bond acceptors (Lipinski definition) is 3. The molecule has 0 N–H and O–H groups in total. The van der Waals surface area contributed by atoms with Crippen LogP contribution in [0.1, 0.15) is 5.82 Å². The molecule has 4 heteroatoms. The standard InChI is InChI=1S/C12H10N4/c1-9-14-12-13-7-11(8-16(12)15-9)10-5-3-2-4-6-10/h2-8H,1H3. The van der Waals surface area contributed by atoms with Crippen LogP contribution in [0.15, 0.2) is 42.7 Å². The molecule has 0 aliphatic heterocycles. The molecule has 4 nitrogen and oxygen atoms in total. The van der Waals surface area contributed by atoms with E-state index in [-0.39, 0.29) is 0 Å². The number of hydrogen-bond donors (Lipinski definition) is 0. The van der Waals surface area contributed by atoms with Gasteiger partial charge in [0.05, 0.1) is 0 Å². The van der Waals surface area contributed by atoms with Crippen LogP contribution in [0.5, 0.6) is 0 Å². The summed E-state index contributed by atoms with van der Waals surface area (Å²) in [6, 6.07) is 10.1. The minimum atomic E-state index is 0.636. The Balaban J connectivity index is 2.18. The van der Waals surface area contributed by atoms with Gasteiger partial charge in [-0.1, -0.05) is 30.3 Å². The molecule has 3 rings (SSSR count). The third-order valence-electron chi connectivity index (χ3n) is 2.41. The van der Waals surface area contributed by atoms with Crippen molar-refractivity contribution in [3.8, 4) is 11.1 Å². The molecule has 3 aromatic rings. The fourth-order valence-electron chi connectivity index (χ4n) is 1.67. The van der Waals surface area contributed by atoms with Crippen molar-refractivity contribution in [3.63, 3.8) is 0 Å². The van der Waals surface area contributed by atoms with Gasteiger partial charge in [0, 0.05) is 18.0 Å². The maximum atomic E-state index is 4.27. The molecule has 0 saturated heterocycles. The second kappa shape index (κ2) is 3.41. The van der Waals surface area contributed by atoms with Crippen LogP contribution in [0, 0.1) is 6.92 Å². The number of nitrogens with zero attached hydrogens (tertiary/aromatic N) is 4. The first kappa shape index (κ1) is 9.03. The summed E-state index contributed by atoms with van der Waals surface area (Å²) in [4.78, 5) is 8.46. The number of aryl methyl sites for hydroxylation is 1. The summed E-state index contributed by atoms with van der Waals surface area (Å²) in [7, 11) is 0. The molecule has 0 spiro atoms. The summed E-state index contributed by atoms with van der Waals surface area (Å²) >= 11 is 0. The van der Waals surface area contributed by atoms with Crippen molar-refractivity contribution in [1.29, 1.82) is 0 Å². The smallest absolute Gasteiger partial charge is 0.219 e. The Morgan fingerprint density at radius 3 is 2.69 bits per heavy atom. The van der Waals surface area contributed by atoms with Crippen LogP contribution in [-0.4, -0.2) is 19.6 Å². The van der Waals surface area contributed by atoms with Crippen molar-refractivity contribution in [3.05, 3.63) is 48.5 Å². The third kappa shape index (κ3) is 1.44. The molecule has 0 saturated carbocycles. The number of rotatable bonds is 1. The maximum Gasteiger partial charge on any atom is 0.252 e. The zero-order valence-corrected chi connectivity index (χ0v) is 8.83. The molecular formula is C12H10N4. The van der Waals surface area contributed by atoms with Gasteiger partial charge in [0.15, 0.2) is 0 Å². The highest BCUT2D eigenvalue weighted by atomic mass is 15.3. The van der Waals surface area contributed by atoms with E-state index in [1.54, 1.807) is 4.52 Å². The van der Waals surface area contributed by atoms with Crippen molar-refractivity contribution >= 4 is 5.78 Å². The summed E-state index contributed by atoms with van der Waals surface area (Å²) < 4.78 is 1.71. The van der Waals surface area contributed by atoms with E-state index in [0.29, 0.717) is 5.78 Å². The highest BCUT2D eigenvalue weighted by Gasteiger charge is 2.03.